The number of carbonyl (C=O) groups is 1. The van der Waals surface area contributed by atoms with Gasteiger partial charge in [0.05, 0.1) is 0 Å². The van der Waals surface area contributed by atoms with Gasteiger partial charge in [-0.15, -0.1) is 0 Å². The number of rotatable bonds is 4. The highest BCUT2D eigenvalue weighted by atomic mass is 32.2. The SMILES string of the molecule is O=C(c1ccccc1)C(c1cccc2ccccc12)S(=O)[O-]. The van der Waals surface area contributed by atoms with Gasteiger partial charge in [-0.25, -0.2) is 0 Å². The molecule has 0 saturated heterocycles. The Hall–Kier alpha value is -2.30. The van der Waals surface area contributed by atoms with E-state index in [2.05, 4.69) is 0 Å². The Morgan fingerprint density at radius 2 is 1.50 bits per heavy atom. The molecule has 0 N–H and O–H groups in total. The van der Waals surface area contributed by atoms with Crippen molar-refractivity contribution in [3.05, 3.63) is 83.9 Å². The van der Waals surface area contributed by atoms with Gasteiger partial charge in [-0.05, 0) is 27.4 Å². The Balaban J connectivity index is 2.16. The van der Waals surface area contributed by atoms with Gasteiger partial charge in [0, 0.05) is 5.56 Å². The molecule has 110 valence electrons. The van der Waals surface area contributed by atoms with E-state index < -0.39 is 22.1 Å². The second kappa shape index (κ2) is 6.22. The maximum atomic E-state index is 12.6. The zero-order valence-corrected chi connectivity index (χ0v) is 12.5. The first-order valence-electron chi connectivity index (χ1n) is 6.83. The van der Waals surface area contributed by atoms with Gasteiger partial charge in [0.15, 0.2) is 5.78 Å². The van der Waals surface area contributed by atoms with Crippen LogP contribution in [0, 0.1) is 0 Å². The van der Waals surface area contributed by atoms with Crippen LogP contribution < -0.4 is 0 Å². The highest BCUT2D eigenvalue weighted by Gasteiger charge is 2.24. The monoisotopic (exact) mass is 309 g/mol. The molecule has 4 heteroatoms. The van der Waals surface area contributed by atoms with Gasteiger partial charge in [-0.2, -0.15) is 0 Å². The molecule has 22 heavy (non-hydrogen) atoms. The highest BCUT2D eigenvalue weighted by molar-refractivity contribution is 7.80. The van der Waals surface area contributed by atoms with Gasteiger partial charge >= 0.3 is 0 Å². The molecular weight excluding hydrogens is 296 g/mol. The first-order chi connectivity index (χ1) is 10.7. The van der Waals surface area contributed by atoms with Crippen molar-refractivity contribution in [1.29, 1.82) is 0 Å². The van der Waals surface area contributed by atoms with Gasteiger partial charge < -0.3 is 4.55 Å². The Labute approximate surface area is 130 Å². The van der Waals surface area contributed by atoms with Crippen molar-refractivity contribution >= 4 is 27.6 Å². The molecule has 0 aromatic heterocycles. The molecule has 2 unspecified atom stereocenters. The van der Waals surface area contributed by atoms with Crippen molar-refractivity contribution < 1.29 is 13.6 Å². The second-order valence-electron chi connectivity index (χ2n) is 4.94. The van der Waals surface area contributed by atoms with Crippen molar-refractivity contribution in [2.75, 3.05) is 0 Å². The van der Waals surface area contributed by atoms with Crippen molar-refractivity contribution in [2.45, 2.75) is 5.25 Å². The van der Waals surface area contributed by atoms with E-state index in [1.54, 1.807) is 42.5 Å². The topological polar surface area (TPSA) is 57.2 Å². The molecule has 0 amide bonds. The van der Waals surface area contributed by atoms with E-state index in [-0.39, 0.29) is 0 Å². The maximum absolute atomic E-state index is 12.6. The summed E-state index contributed by atoms with van der Waals surface area (Å²) >= 11 is -2.54. The van der Waals surface area contributed by atoms with Gasteiger partial charge in [0.1, 0.15) is 5.25 Å². The molecule has 0 fully saturated rings. The number of hydrogen-bond acceptors (Lipinski definition) is 3. The molecule has 3 aromatic rings. The molecule has 0 radical (unpaired) electrons. The van der Waals surface area contributed by atoms with E-state index in [0.29, 0.717) is 11.1 Å². The van der Waals surface area contributed by atoms with E-state index in [4.69, 9.17) is 0 Å². The molecule has 0 spiro atoms. The van der Waals surface area contributed by atoms with E-state index in [1.165, 1.54) is 0 Å². The fraction of sp³-hybridized carbons (Fsp3) is 0.0556. The van der Waals surface area contributed by atoms with Crippen LogP contribution in [0.25, 0.3) is 10.8 Å². The summed E-state index contributed by atoms with van der Waals surface area (Å²) in [6.45, 7) is 0. The number of benzene rings is 3. The fourth-order valence-electron chi connectivity index (χ4n) is 2.57. The Kier molecular flexibility index (Phi) is 4.13. The Morgan fingerprint density at radius 1 is 0.864 bits per heavy atom. The summed E-state index contributed by atoms with van der Waals surface area (Å²) < 4.78 is 23.5. The van der Waals surface area contributed by atoms with Gasteiger partial charge in [-0.1, -0.05) is 72.8 Å². The zero-order valence-electron chi connectivity index (χ0n) is 11.6. The minimum atomic E-state index is -2.54. The standard InChI is InChI=1S/C18H14O3S/c19-17(14-8-2-1-3-9-14)18(22(20)21)16-12-6-10-13-7-4-5-11-15(13)16/h1-12,18H,(H,20,21)/p-1. The maximum Gasteiger partial charge on any atom is 0.181 e. The van der Waals surface area contributed by atoms with Crippen LogP contribution in [0.1, 0.15) is 21.2 Å². The molecule has 2 atom stereocenters. The highest BCUT2D eigenvalue weighted by Crippen LogP contribution is 2.30. The smallest absolute Gasteiger partial charge is 0.181 e. The summed E-state index contributed by atoms with van der Waals surface area (Å²) in [6.07, 6.45) is 0. The second-order valence-corrected chi connectivity index (χ2v) is 5.93. The molecule has 3 nitrogen and oxygen atoms in total. The lowest BCUT2D eigenvalue weighted by molar-refractivity contribution is 0.0986. The molecule has 0 heterocycles. The summed E-state index contributed by atoms with van der Waals surface area (Å²) in [5.41, 5.74) is 0.907. The first kappa shape index (κ1) is 14.6. The summed E-state index contributed by atoms with van der Waals surface area (Å²) in [6, 6.07) is 21.3. The van der Waals surface area contributed by atoms with Crippen molar-refractivity contribution in [3.8, 4) is 0 Å². The predicted octanol–water partition coefficient (Wildman–Crippen LogP) is 3.64. The molecule has 0 aliphatic rings. The van der Waals surface area contributed by atoms with Crippen LogP contribution in [0.15, 0.2) is 72.8 Å². The summed E-state index contributed by atoms with van der Waals surface area (Å²) in [5.74, 6) is -0.412. The average molecular weight is 309 g/mol. The van der Waals surface area contributed by atoms with Crippen LogP contribution in [0.3, 0.4) is 0 Å². The number of carbonyl (C=O) groups excluding carboxylic acids is 1. The van der Waals surface area contributed by atoms with Gasteiger partial charge in [-0.3, -0.25) is 9.00 Å². The summed E-state index contributed by atoms with van der Waals surface area (Å²) in [7, 11) is 0. The average Bonchev–Trinajstić information content (AvgIpc) is 2.56. The van der Waals surface area contributed by atoms with Gasteiger partial charge in [0.2, 0.25) is 0 Å². The predicted molar refractivity (Wildman–Crippen MR) is 86.4 cm³/mol. The lowest BCUT2D eigenvalue weighted by Gasteiger charge is -2.20. The van der Waals surface area contributed by atoms with Crippen LogP contribution in [0.4, 0.5) is 0 Å². The largest absolute Gasteiger partial charge is 0.772 e. The van der Waals surface area contributed by atoms with Crippen LogP contribution in [-0.2, 0) is 11.1 Å². The van der Waals surface area contributed by atoms with E-state index >= 15 is 0 Å². The quantitative estimate of drug-likeness (QED) is 0.546. The van der Waals surface area contributed by atoms with Crippen LogP contribution in [0.5, 0.6) is 0 Å². The van der Waals surface area contributed by atoms with E-state index in [1.807, 2.05) is 30.3 Å². The third kappa shape index (κ3) is 2.71. The molecule has 0 aliphatic carbocycles. The van der Waals surface area contributed by atoms with Crippen molar-refractivity contribution in [1.82, 2.24) is 0 Å². The minimum Gasteiger partial charge on any atom is -0.772 e. The Morgan fingerprint density at radius 3 is 2.23 bits per heavy atom. The van der Waals surface area contributed by atoms with Crippen molar-refractivity contribution in [3.63, 3.8) is 0 Å². The van der Waals surface area contributed by atoms with Crippen LogP contribution in [-0.4, -0.2) is 14.5 Å². The molecule has 0 bridgehead atoms. The van der Waals surface area contributed by atoms with Crippen LogP contribution in [0.2, 0.25) is 0 Å². The number of ketones is 1. The number of Topliss-reactive ketones (excluding diaryl/α,β-unsaturated/α-hetero) is 1. The third-order valence-corrected chi connectivity index (χ3v) is 4.45. The lowest BCUT2D eigenvalue weighted by Crippen LogP contribution is -2.18. The minimum absolute atomic E-state index is 0.393. The van der Waals surface area contributed by atoms with E-state index in [0.717, 1.165) is 10.8 Å². The zero-order chi connectivity index (χ0) is 15.5. The summed E-state index contributed by atoms with van der Waals surface area (Å²) in [4.78, 5) is 12.6. The van der Waals surface area contributed by atoms with Gasteiger partial charge in [0.25, 0.3) is 0 Å². The molecular formula is C18H13O3S-. The first-order valence-corrected chi connectivity index (χ1v) is 7.97. The fourth-order valence-corrected chi connectivity index (χ4v) is 3.29. The summed E-state index contributed by atoms with van der Waals surface area (Å²) in [5, 5.41) is 0.494. The number of hydrogen-bond donors (Lipinski definition) is 0. The lowest BCUT2D eigenvalue weighted by atomic mass is 9.97. The normalized spacial score (nSPS) is 13.7. The Bertz CT molecular complexity index is 838. The van der Waals surface area contributed by atoms with Crippen LogP contribution >= 0.6 is 0 Å². The molecule has 3 rings (SSSR count). The number of fused-ring (bicyclic) bond motifs is 1. The molecule has 0 saturated carbocycles. The molecule has 0 aliphatic heterocycles. The third-order valence-electron chi connectivity index (χ3n) is 3.59. The molecule has 3 aromatic carbocycles. The van der Waals surface area contributed by atoms with E-state index in [9.17, 15) is 13.6 Å². The van der Waals surface area contributed by atoms with Crippen molar-refractivity contribution in [2.24, 2.45) is 0 Å².